The largest absolute Gasteiger partial charge is 0.494 e. The molecule has 1 aromatic heterocycles. The van der Waals surface area contributed by atoms with Gasteiger partial charge in [0, 0.05) is 6.92 Å². The van der Waals surface area contributed by atoms with Crippen LogP contribution in [0.15, 0.2) is 33.5 Å². The first-order valence-corrected chi connectivity index (χ1v) is 4.42. The average Bonchev–Trinajstić information content (AvgIpc) is 2.57. The summed E-state index contributed by atoms with van der Waals surface area (Å²) >= 11 is 0. The van der Waals surface area contributed by atoms with Crippen molar-refractivity contribution in [3.05, 3.63) is 40.7 Å². The molecule has 0 saturated heterocycles. The molecule has 1 heterocycles. The third-order valence-corrected chi connectivity index (χ3v) is 1.96. The molecule has 15 heavy (non-hydrogen) atoms. The lowest BCUT2D eigenvalue weighted by molar-refractivity contribution is 0.410. The van der Waals surface area contributed by atoms with Crippen LogP contribution in [0, 0.1) is 6.92 Å². The Labute approximate surface area is 85.9 Å². The highest BCUT2D eigenvalue weighted by Gasteiger charge is 2.10. The number of ether oxygens (including phenoxy) is 1. The quantitative estimate of drug-likeness (QED) is 0.739. The first-order chi connectivity index (χ1) is 7.22. The van der Waals surface area contributed by atoms with Gasteiger partial charge in [0.2, 0.25) is 5.89 Å². The van der Waals surface area contributed by atoms with E-state index >= 15 is 0 Å². The number of hydrogen-bond acceptors (Lipinski definition) is 4. The fourth-order valence-electron chi connectivity index (χ4n) is 1.33. The zero-order valence-corrected chi connectivity index (χ0v) is 8.43. The smallest absolute Gasteiger partial charge is 0.442 e. The maximum atomic E-state index is 11.4. The summed E-state index contributed by atoms with van der Waals surface area (Å²) in [4.78, 5) is 11.4. The minimum Gasteiger partial charge on any atom is -0.494 e. The summed E-state index contributed by atoms with van der Waals surface area (Å²) in [7, 11) is 1.54. The van der Waals surface area contributed by atoms with Crippen LogP contribution >= 0.6 is 0 Å². The second-order valence-electron chi connectivity index (χ2n) is 2.97. The number of hydrogen-bond donors (Lipinski definition) is 0. The van der Waals surface area contributed by atoms with E-state index in [4.69, 9.17) is 9.15 Å². The predicted molar refractivity (Wildman–Crippen MR) is 53.4 cm³/mol. The molecule has 0 aliphatic rings. The predicted octanol–water partition coefficient (Wildman–Crippen LogP) is 1.14. The Balaban J connectivity index is 2.63. The van der Waals surface area contributed by atoms with Crippen LogP contribution in [0.3, 0.4) is 0 Å². The van der Waals surface area contributed by atoms with Crippen molar-refractivity contribution in [3.8, 4) is 11.4 Å². The Bertz CT molecular complexity index is 527. The first kappa shape index (κ1) is 9.51. The fraction of sp³-hybridized carbons (Fsp3) is 0.200. The zero-order valence-electron chi connectivity index (χ0n) is 8.43. The van der Waals surface area contributed by atoms with Crippen molar-refractivity contribution in [2.45, 2.75) is 6.92 Å². The Kier molecular flexibility index (Phi) is 2.29. The van der Waals surface area contributed by atoms with Crippen LogP contribution in [-0.2, 0) is 0 Å². The highest BCUT2D eigenvalue weighted by Crippen LogP contribution is 2.19. The van der Waals surface area contributed by atoms with E-state index in [-0.39, 0.29) is 0 Å². The van der Waals surface area contributed by atoms with Gasteiger partial charge in [-0.2, -0.15) is 4.68 Å². The maximum Gasteiger partial charge on any atom is 0.442 e. The Morgan fingerprint density at radius 2 is 2.13 bits per heavy atom. The Morgan fingerprint density at radius 3 is 2.73 bits per heavy atom. The number of aryl methyl sites for hydroxylation is 1. The second-order valence-corrected chi connectivity index (χ2v) is 2.97. The molecule has 78 valence electrons. The summed E-state index contributed by atoms with van der Waals surface area (Å²) in [5.41, 5.74) is 0.571. The van der Waals surface area contributed by atoms with Crippen molar-refractivity contribution in [1.82, 2.24) is 9.78 Å². The number of para-hydroxylation sites is 2. The van der Waals surface area contributed by atoms with Crippen molar-refractivity contribution in [1.29, 1.82) is 0 Å². The lowest BCUT2D eigenvalue weighted by Gasteiger charge is -2.05. The van der Waals surface area contributed by atoms with Gasteiger partial charge < -0.3 is 9.15 Å². The number of aromatic nitrogens is 2. The molecular formula is C10H10N2O3. The topological polar surface area (TPSA) is 57.3 Å². The van der Waals surface area contributed by atoms with E-state index in [0.29, 0.717) is 17.3 Å². The van der Waals surface area contributed by atoms with Gasteiger partial charge in [-0.05, 0) is 12.1 Å². The molecule has 0 fully saturated rings. The van der Waals surface area contributed by atoms with E-state index in [1.165, 1.54) is 11.8 Å². The van der Waals surface area contributed by atoms with Crippen molar-refractivity contribution in [2.24, 2.45) is 0 Å². The number of rotatable bonds is 2. The lowest BCUT2D eigenvalue weighted by Crippen LogP contribution is -2.14. The molecule has 0 saturated carbocycles. The molecule has 0 atom stereocenters. The number of benzene rings is 1. The van der Waals surface area contributed by atoms with Gasteiger partial charge in [-0.1, -0.05) is 12.1 Å². The van der Waals surface area contributed by atoms with Crippen molar-refractivity contribution < 1.29 is 9.15 Å². The van der Waals surface area contributed by atoms with Crippen LogP contribution in [-0.4, -0.2) is 16.9 Å². The third kappa shape index (κ3) is 1.63. The highest BCUT2D eigenvalue weighted by atomic mass is 16.5. The SMILES string of the molecule is COc1ccccc1-n1nc(C)oc1=O. The van der Waals surface area contributed by atoms with E-state index < -0.39 is 5.76 Å². The summed E-state index contributed by atoms with van der Waals surface area (Å²) < 4.78 is 11.1. The lowest BCUT2D eigenvalue weighted by atomic mass is 10.3. The zero-order chi connectivity index (χ0) is 10.8. The molecule has 0 bridgehead atoms. The number of methoxy groups -OCH3 is 1. The van der Waals surface area contributed by atoms with Crippen molar-refractivity contribution in [2.75, 3.05) is 7.11 Å². The molecule has 0 spiro atoms. The molecule has 0 radical (unpaired) electrons. The molecule has 0 amide bonds. The van der Waals surface area contributed by atoms with Gasteiger partial charge in [-0.15, -0.1) is 5.10 Å². The van der Waals surface area contributed by atoms with E-state index in [1.54, 1.807) is 25.1 Å². The van der Waals surface area contributed by atoms with Gasteiger partial charge >= 0.3 is 5.76 Å². The minimum absolute atomic E-state index is 0.325. The number of nitrogens with zero attached hydrogens (tertiary/aromatic N) is 2. The fourth-order valence-corrected chi connectivity index (χ4v) is 1.33. The van der Waals surface area contributed by atoms with E-state index in [2.05, 4.69) is 5.10 Å². The average molecular weight is 206 g/mol. The second kappa shape index (κ2) is 3.61. The molecule has 0 unspecified atom stereocenters. The standard InChI is InChI=1S/C10H10N2O3/c1-7-11-12(10(13)15-7)8-5-3-4-6-9(8)14-2/h3-6H,1-2H3. The molecule has 2 aromatic rings. The third-order valence-electron chi connectivity index (χ3n) is 1.96. The van der Waals surface area contributed by atoms with Crippen LogP contribution in [0.2, 0.25) is 0 Å². The molecule has 5 nitrogen and oxygen atoms in total. The normalized spacial score (nSPS) is 10.3. The van der Waals surface area contributed by atoms with Crippen LogP contribution in [0.5, 0.6) is 5.75 Å². The van der Waals surface area contributed by atoms with Gasteiger partial charge in [0.15, 0.2) is 0 Å². The van der Waals surface area contributed by atoms with Crippen molar-refractivity contribution in [3.63, 3.8) is 0 Å². The van der Waals surface area contributed by atoms with Crippen LogP contribution < -0.4 is 10.5 Å². The molecule has 0 aliphatic heterocycles. The van der Waals surface area contributed by atoms with E-state index in [9.17, 15) is 4.79 Å². The van der Waals surface area contributed by atoms with Crippen LogP contribution in [0.25, 0.3) is 5.69 Å². The van der Waals surface area contributed by atoms with Gasteiger partial charge in [0.25, 0.3) is 0 Å². The molecule has 2 rings (SSSR count). The summed E-state index contributed by atoms with van der Waals surface area (Å²) in [6.45, 7) is 1.62. The molecular weight excluding hydrogens is 196 g/mol. The van der Waals surface area contributed by atoms with Crippen molar-refractivity contribution >= 4 is 0 Å². The Morgan fingerprint density at radius 1 is 1.40 bits per heavy atom. The molecule has 0 N–H and O–H groups in total. The summed E-state index contributed by atoms with van der Waals surface area (Å²) in [5.74, 6) is 0.385. The summed E-state index contributed by atoms with van der Waals surface area (Å²) in [6.07, 6.45) is 0. The Hall–Kier alpha value is -2.04. The van der Waals surface area contributed by atoms with Crippen LogP contribution in [0.4, 0.5) is 0 Å². The maximum absolute atomic E-state index is 11.4. The van der Waals surface area contributed by atoms with E-state index in [0.717, 1.165) is 0 Å². The first-order valence-electron chi connectivity index (χ1n) is 4.42. The van der Waals surface area contributed by atoms with Gasteiger partial charge in [0.1, 0.15) is 11.4 Å². The monoisotopic (exact) mass is 206 g/mol. The molecule has 5 heteroatoms. The summed E-state index contributed by atoms with van der Waals surface area (Å²) in [5, 5.41) is 3.95. The van der Waals surface area contributed by atoms with Crippen LogP contribution in [0.1, 0.15) is 5.89 Å². The van der Waals surface area contributed by atoms with Gasteiger partial charge in [-0.25, -0.2) is 4.79 Å². The highest BCUT2D eigenvalue weighted by molar-refractivity contribution is 5.45. The van der Waals surface area contributed by atoms with E-state index in [1.807, 2.05) is 6.07 Å². The molecule has 0 aliphatic carbocycles. The van der Waals surface area contributed by atoms with Gasteiger partial charge in [0.05, 0.1) is 7.11 Å². The minimum atomic E-state index is -0.517. The molecule has 1 aromatic carbocycles. The summed E-state index contributed by atoms with van der Waals surface area (Å²) in [6, 6.07) is 7.11. The van der Waals surface area contributed by atoms with Gasteiger partial charge in [-0.3, -0.25) is 0 Å².